The third-order valence-electron chi connectivity index (χ3n) is 3.35. The number of para-hydroxylation sites is 1. The molecular formula is C17H15N3O3. The summed E-state index contributed by atoms with van der Waals surface area (Å²) < 4.78 is 5.33. The number of carbonyl (C=O) groups excluding carboxylic acids is 1. The number of aromatic nitrogens is 2. The van der Waals surface area contributed by atoms with Crippen molar-refractivity contribution < 1.29 is 14.3 Å². The molecule has 23 heavy (non-hydrogen) atoms. The summed E-state index contributed by atoms with van der Waals surface area (Å²) in [5, 5.41) is 9.95. The third kappa shape index (κ3) is 3.55. The highest BCUT2D eigenvalue weighted by Gasteiger charge is 2.20. The third-order valence-corrected chi connectivity index (χ3v) is 3.35. The summed E-state index contributed by atoms with van der Waals surface area (Å²) in [5.41, 5.74) is 0.894. The minimum absolute atomic E-state index is 0.142. The topological polar surface area (TPSA) is 79.5 Å². The molecule has 0 atom stereocenters. The molecular weight excluding hydrogens is 294 g/mol. The first-order valence-electron chi connectivity index (χ1n) is 7.08. The van der Waals surface area contributed by atoms with Gasteiger partial charge in [-0.15, -0.1) is 0 Å². The molecule has 0 aliphatic heterocycles. The molecule has 1 N–H and O–H groups in total. The van der Waals surface area contributed by atoms with Gasteiger partial charge in [0.05, 0.1) is 25.5 Å². The molecule has 6 nitrogen and oxygen atoms in total. The lowest BCUT2D eigenvalue weighted by Gasteiger charge is -2.21. The highest BCUT2D eigenvalue weighted by atomic mass is 16.3. The zero-order valence-electron chi connectivity index (χ0n) is 12.3. The van der Waals surface area contributed by atoms with E-state index < -0.39 is 0 Å². The minimum atomic E-state index is -0.280. The average molecular weight is 309 g/mol. The van der Waals surface area contributed by atoms with Gasteiger partial charge in [0.15, 0.2) is 0 Å². The van der Waals surface area contributed by atoms with E-state index in [4.69, 9.17) is 4.42 Å². The van der Waals surface area contributed by atoms with Crippen molar-refractivity contribution >= 4 is 5.91 Å². The second-order valence-corrected chi connectivity index (χ2v) is 4.96. The monoisotopic (exact) mass is 309 g/mol. The van der Waals surface area contributed by atoms with Crippen molar-refractivity contribution in [2.45, 2.75) is 13.1 Å². The van der Waals surface area contributed by atoms with Gasteiger partial charge >= 0.3 is 0 Å². The zero-order chi connectivity index (χ0) is 16.1. The van der Waals surface area contributed by atoms with Crippen molar-refractivity contribution in [3.8, 4) is 5.75 Å². The summed E-state index contributed by atoms with van der Waals surface area (Å²) in [6, 6.07) is 10.5. The van der Waals surface area contributed by atoms with E-state index in [1.54, 1.807) is 41.5 Å². The number of rotatable bonds is 5. The van der Waals surface area contributed by atoms with E-state index in [1.807, 2.05) is 6.07 Å². The van der Waals surface area contributed by atoms with Gasteiger partial charge in [-0.05, 0) is 18.2 Å². The van der Waals surface area contributed by atoms with E-state index in [-0.39, 0.29) is 30.4 Å². The van der Waals surface area contributed by atoms with Crippen LogP contribution in [0.3, 0.4) is 0 Å². The van der Waals surface area contributed by atoms with Crippen molar-refractivity contribution in [3.05, 3.63) is 78.3 Å². The number of benzene rings is 1. The highest BCUT2D eigenvalue weighted by Crippen LogP contribution is 2.20. The normalized spacial score (nSPS) is 10.4. The van der Waals surface area contributed by atoms with Crippen LogP contribution in [0.5, 0.6) is 5.75 Å². The van der Waals surface area contributed by atoms with Crippen LogP contribution in [0.1, 0.15) is 21.8 Å². The van der Waals surface area contributed by atoms with Gasteiger partial charge in [0.1, 0.15) is 17.2 Å². The molecule has 6 heteroatoms. The summed E-state index contributed by atoms with van der Waals surface area (Å²) >= 11 is 0. The predicted octanol–water partition coefficient (Wildman–Crippen LogP) is 2.62. The van der Waals surface area contributed by atoms with Crippen LogP contribution >= 0.6 is 0 Å². The fourth-order valence-electron chi connectivity index (χ4n) is 2.21. The Kier molecular flexibility index (Phi) is 4.33. The molecule has 0 spiro atoms. The molecule has 1 aromatic carbocycles. The number of furan rings is 1. The lowest BCUT2D eigenvalue weighted by molar-refractivity contribution is 0.0710. The standard InChI is InChI=1S/C17H15N3O3/c21-16-6-2-1-4-13(16)11-20(12-14-5-3-9-23-14)17(22)15-10-18-7-8-19-15/h1-10,21H,11-12H2. The lowest BCUT2D eigenvalue weighted by Crippen LogP contribution is -2.30. The first-order chi connectivity index (χ1) is 11.2. The molecule has 1 amide bonds. The number of phenols is 1. The van der Waals surface area contributed by atoms with Crippen LogP contribution < -0.4 is 0 Å². The van der Waals surface area contributed by atoms with Crippen molar-refractivity contribution in [1.29, 1.82) is 0 Å². The van der Waals surface area contributed by atoms with Crippen LogP contribution in [0.4, 0.5) is 0 Å². The number of hydrogen-bond donors (Lipinski definition) is 1. The molecule has 0 aliphatic carbocycles. The van der Waals surface area contributed by atoms with Crippen LogP contribution in [0.25, 0.3) is 0 Å². The molecule has 2 heterocycles. The quantitative estimate of drug-likeness (QED) is 0.783. The SMILES string of the molecule is O=C(c1cnccn1)N(Cc1ccco1)Cc1ccccc1O. The van der Waals surface area contributed by atoms with E-state index >= 15 is 0 Å². The Labute approximate surface area is 133 Å². The summed E-state index contributed by atoms with van der Waals surface area (Å²) in [6.45, 7) is 0.513. The van der Waals surface area contributed by atoms with Crippen LogP contribution in [0, 0.1) is 0 Å². The summed E-state index contributed by atoms with van der Waals surface area (Å²) in [7, 11) is 0. The molecule has 0 unspecified atom stereocenters. The van der Waals surface area contributed by atoms with E-state index in [0.717, 1.165) is 0 Å². The van der Waals surface area contributed by atoms with Gasteiger partial charge in [0.2, 0.25) is 0 Å². The summed E-state index contributed by atoms with van der Waals surface area (Å²) in [6.07, 6.45) is 5.96. The number of hydrogen-bond acceptors (Lipinski definition) is 5. The fraction of sp³-hybridized carbons (Fsp3) is 0.118. The molecule has 0 aliphatic rings. The van der Waals surface area contributed by atoms with Crippen molar-refractivity contribution in [1.82, 2.24) is 14.9 Å². The van der Waals surface area contributed by atoms with Gasteiger partial charge in [-0.2, -0.15) is 0 Å². The smallest absolute Gasteiger partial charge is 0.274 e. The Morgan fingerprint density at radius 1 is 1.13 bits per heavy atom. The Morgan fingerprint density at radius 3 is 2.70 bits per heavy atom. The van der Waals surface area contributed by atoms with Gasteiger partial charge in [-0.1, -0.05) is 18.2 Å². The molecule has 0 fully saturated rings. The van der Waals surface area contributed by atoms with E-state index in [1.165, 1.54) is 18.6 Å². The van der Waals surface area contributed by atoms with E-state index in [9.17, 15) is 9.90 Å². The number of nitrogens with zero attached hydrogens (tertiary/aromatic N) is 3. The molecule has 0 radical (unpaired) electrons. The average Bonchev–Trinajstić information content (AvgIpc) is 3.09. The predicted molar refractivity (Wildman–Crippen MR) is 82.4 cm³/mol. The maximum Gasteiger partial charge on any atom is 0.274 e. The van der Waals surface area contributed by atoms with E-state index in [2.05, 4.69) is 9.97 Å². The van der Waals surface area contributed by atoms with Crippen molar-refractivity contribution in [3.63, 3.8) is 0 Å². The molecule has 3 rings (SSSR count). The van der Waals surface area contributed by atoms with Gasteiger partial charge in [0.25, 0.3) is 5.91 Å². The fourth-order valence-corrected chi connectivity index (χ4v) is 2.21. The molecule has 3 aromatic rings. The summed E-state index contributed by atoms with van der Waals surface area (Å²) in [5.74, 6) is 0.513. The first-order valence-corrected chi connectivity index (χ1v) is 7.08. The van der Waals surface area contributed by atoms with Gasteiger partial charge in [0, 0.05) is 18.0 Å². The van der Waals surface area contributed by atoms with Crippen LogP contribution in [0.2, 0.25) is 0 Å². The van der Waals surface area contributed by atoms with Gasteiger partial charge < -0.3 is 14.4 Å². The zero-order valence-corrected chi connectivity index (χ0v) is 12.3. The molecule has 116 valence electrons. The van der Waals surface area contributed by atoms with Crippen molar-refractivity contribution in [2.75, 3.05) is 0 Å². The maximum absolute atomic E-state index is 12.7. The Hall–Kier alpha value is -3.15. The second kappa shape index (κ2) is 6.74. The van der Waals surface area contributed by atoms with E-state index in [0.29, 0.717) is 11.3 Å². The molecule has 2 aromatic heterocycles. The molecule has 0 bridgehead atoms. The van der Waals surface area contributed by atoms with Gasteiger partial charge in [-0.25, -0.2) is 4.98 Å². The van der Waals surface area contributed by atoms with Crippen LogP contribution in [0.15, 0.2) is 65.7 Å². The lowest BCUT2D eigenvalue weighted by atomic mass is 10.1. The van der Waals surface area contributed by atoms with Crippen LogP contribution in [-0.2, 0) is 13.1 Å². The molecule has 0 saturated heterocycles. The first kappa shape index (κ1) is 14.8. The Balaban J connectivity index is 1.87. The van der Waals surface area contributed by atoms with Gasteiger partial charge in [-0.3, -0.25) is 9.78 Å². The highest BCUT2D eigenvalue weighted by molar-refractivity contribution is 5.91. The van der Waals surface area contributed by atoms with Crippen molar-refractivity contribution in [2.24, 2.45) is 0 Å². The van der Waals surface area contributed by atoms with Crippen LogP contribution in [-0.4, -0.2) is 25.9 Å². The summed E-state index contributed by atoms with van der Waals surface area (Å²) in [4.78, 5) is 22.2. The largest absolute Gasteiger partial charge is 0.508 e. The maximum atomic E-state index is 12.7. The number of carbonyl (C=O) groups is 1. The minimum Gasteiger partial charge on any atom is -0.508 e. The number of amides is 1. The number of aromatic hydroxyl groups is 1. The Morgan fingerprint density at radius 2 is 2.00 bits per heavy atom. The number of phenolic OH excluding ortho intramolecular Hbond substituents is 1. The Bertz CT molecular complexity index is 773. The molecule has 0 saturated carbocycles. The second-order valence-electron chi connectivity index (χ2n) is 4.96.